The van der Waals surface area contributed by atoms with Crippen LogP contribution in [0.4, 0.5) is 0 Å². The molecule has 0 aliphatic rings. The van der Waals surface area contributed by atoms with E-state index < -0.39 is 0 Å². The van der Waals surface area contributed by atoms with Crippen LogP contribution in [-0.4, -0.2) is 72.3 Å². The highest BCUT2D eigenvalue weighted by molar-refractivity contribution is 4.53. The second-order valence-electron chi connectivity index (χ2n) is 14.1. The molecule has 2 N–H and O–H groups in total. The first-order valence-electron chi connectivity index (χ1n) is 20.2. The van der Waals surface area contributed by atoms with Crippen molar-refractivity contribution in [3.8, 4) is 0 Å². The minimum absolute atomic E-state index is 0. The predicted octanol–water partition coefficient (Wildman–Crippen LogP) is 12.8. The van der Waals surface area contributed by atoms with Crippen molar-refractivity contribution in [2.24, 2.45) is 0 Å². The molecule has 0 spiro atoms. The fraction of sp³-hybridized carbons (Fsp3) is 1.00. The summed E-state index contributed by atoms with van der Waals surface area (Å²) >= 11 is 0. The maximum absolute atomic E-state index is 2.33. The maximum atomic E-state index is 2.33. The first-order valence-corrected chi connectivity index (χ1v) is 20.2. The van der Waals surface area contributed by atoms with E-state index in [1.54, 1.807) is 0 Å². The van der Waals surface area contributed by atoms with Crippen molar-refractivity contribution < 1.29 is 19.9 Å². The second-order valence-corrected chi connectivity index (χ2v) is 14.1. The van der Waals surface area contributed by atoms with Gasteiger partial charge in [0.15, 0.2) is 0 Å². The molecule has 0 aliphatic heterocycles. The first-order chi connectivity index (χ1) is 20.5. The Balaban J connectivity index is -0.000000348. The fourth-order valence-corrected chi connectivity index (χ4v) is 6.92. The molecule has 0 fully saturated rings. The third kappa shape index (κ3) is 30.5. The zero-order valence-electron chi connectivity index (χ0n) is 32.4. The van der Waals surface area contributed by atoms with E-state index in [0.717, 1.165) is 0 Å². The van der Waals surface area contributed by atoms with Gasteiger partial charge in [-0.2, -0.15) is 0 Å². The van der Waals surface area contributed by atoms with Gasteiger partial charge in [0.25, 0.3) is 0 Å². The van der Waals surface area contributed by atoms with E-state index in [1.165, 1.54) is 215 Å². The van der Waals surface area contributed by atoms with Gasteiger partial charge in [0.1, 0.15) is 0 Å². The van der Waals surface area contributed by atoms with E-state index in [1.807, 2.05) is 0 Å². The van der Waals surface area contributed by atoms with Crippen LogP contribution >= 0.6 is 0 Å². The molecule has 4 heteroatoms. The largest absolute Gasteiger partial charge is 0.870 e. The standard InChI is InChI=1S/2C20H44N.2H2O/c2*1-5-9-13-17-21(18-14-10-6-2,19-15-11-7-3)20-16-12-8-4;;/h2*5-20H2,1-4H3;2*1H2/q2*+1;;/p-2. The van der Waals surface area contributed by atoms with Crippen LogP contribution in [0.3, 0.4) is 0 Å². The average molecular weight is 631 g/mol. The Labute approximate surface area is 281 Å². The topological polar surface area (TPSA) is 60.0 Å². The normalized spacial score (nSPS) is 11.5. The highest BCUT2D eigenvalue weighted by Crippen LogP contribution is 2.20. The van der Waals surface area contributed by atoms with E-state index >= 15 is 0 Å². The molecule has 0 saturated heterocycles. The molecule has 0 bridgehead atoms. The van der Waals surface area contributed by atoms with Crippen LogP contribution in [-0.2, 0) is 0 Å². The molecule has 0 aromatic carbocycles. The van der Waals surface area contributed by atoms with Gasteiger partial charge < -0.3 is 19.9 Å². The summed E-state index contributed by atoms with van der Waals surface area (Å²) in [4.78, 5) is 0. The zero-order chi connectivity index (χ0) is 31.6. The predicted molar refractivity (Wildman–Crippen MR) is 200 cm³/mol. The van der Waals surface area contributed by atoms with Crippen molar-refractivity contribution in [1.82, 2.24) is 0 Å². The number of hydrogen-bond donors (Lipinski definition) is 0. The summed E-state index contributed by atoms with van der Waals surface area (Å²) in [5.41, 5.74) is 0. The molecular weight excluding hydrogens is 540 g/mol. The van der Waals surface area contributed by atoms with E-state index in [2.05, 4.69) is 55.4 Å². The van der Waals surface area contributed by atoms with Gasteiger partial charge in [-0.25, -0.2) is 0 Å². The molecule has 0 radical (unpaired) electrons. The minimum Gasteiger partial charge on any atom is -0.870 e. The Morgan fingerprint density at radius 2 is 0.318 bits per heavy atom. The van der Waals surface area contributed by atoms with E-state index in [-0.39, 0.29) is 11.0 Å². The van der Waals surface area contributed by atoms with Crippen molar-refractivity contribution in [3.05, 3.63) is 0 Å². The van der Waals surface area contributed by atoms with Gasteiger partial charge in [-0.3, -0.25) is 0 Å². The Morgan fingerprint density at radius 1 is 0.205 bits per heavy atom. The molecule has 44 heavy (non-hydrogen) atoms. The van der Waals surface area contributed by atoms with Gasteiger partial charge in [0.05, 0.1) is 52.4 Å². The summed E-state index contributed by atoms with van der Waals surface area (Å²) in [6.07, 6.45) is 33.8. The van der Waals surface area contributed by atoms with Gasteiger partial charge in [0, 0.05) is 0 Å². The van der Waals surface area contributed by atoms with E-state index in [4.69, 9.17) is 0 Å². The van der Waals surface area contributed by atoms with Crippen LogP contribution in [0, 0.1) is 0 Å². The highest BCUT2D eigenvalue weighted by atomic mass is 16.0. The Bertz CT molecular complexity index is 365. The van der Waals surface area contributed by atoms with Gasteiger partial charge in [-0.1, -0.05) is 107 Å². The highest BCUT2D eigenvalue weighted by Gasteiger charge is 2.26. The quantitative estimate of drug-likeness (QED) is 0.0548. The van der Waals surface area contributed by atoms with Crippen LogP contribution in [0.15, 0.2) is 0 Å². The van der Waals surface area contributed by atoms with E-state index in [9.17, 15) is 0 Å². The lowest BCUT2D eigenvalue weighted by Gasteiger charge is -2.39. The summed E-state index contributed by atoms with van der Waals surface area (Å²) < 4.78 is 2.89. The summed E-state index contributed by atoms with van der Waals surface area (Å²) in [6, 6.07) is 0. The van der Waals surface area contributed by atoms with Gasteiger partial charge in [-0.15, -0.1) is 0 Å². The molecule has 272 valence electrons. The smallest absolute Gasteiger partial charge is 0.0786 e. The van der Waals surface area contributed by atoms with Gasteiger partial charge in [0.2, 0.25) is 0 Å². The van der Waals surface area contributed by atoms with Crippen LogP contribution in [0.2, 0.25) is 0 Å². The lowest BCUT2D eigenvalue weighted by atomic mass is 10.1. The van der Waals surface area contributed by atoms with Crippen LogP contribution in [0.5, 0.6) is 0 Å². The Kier molecular flexibility index (Phi) is 45.0. The van der Waals surface area contributed by atoms with Crippen molar-refractivity contribution in [2.75, 3.05) is 52.4 Å². The van der Waals surface area contributed by atoms with Gasteiger partial charge >= 0.3 is 0 Å². The molecule has 4 nitrogen and oxygen atoms in total. The fourth-order valence-electron chi connectivity index (χ4n) is 6.92. The molecule has 0 aromatic heterocycles. The summed E-state index contributed by atoms with van der Waals surface area (Å²) in [7, 11) is 0. The zero-order valence-corrected chi connectivity index (χ0v) is 32.4. The third-order valence-corrected chi connectivity index (χ3v) is 9.89. The summed E-state index contributed by atoms with van der Waals surface area (Å²) in [5, 5.41) is 0. The SMILES string of the molecule is CCCCC[N+](CCCCC)(CCCCC)CCCCC.CCCCC[N+](CCCCC)(CCCCC)CCCCC.[OH-].[OH-]. The van der Waals surface area contributed by atoms with Crippen molar-refractivity contribution >= 4 is 0 Å². The number of nitrogens with zero attached hydrogens (tertiary/aromatic N) is 2. The summed E-state index contributed by atoms with van der Waals surface area (Å²) in [6.45, 7) is 30.3. The van der Waals surface area contributed by atoms with Crippen LogP contribution in [0.25, 0.3) is 0 Å². The maximum Gasteiger partial charge on any atom is 0.0786 e. The lowest BCUT2D eigenvalue weighted by molar-refractivity contribution is -0.929. The minimum atomic E-state index is 0. The Morgan fingerprint density at radius 3 is 0.409 bits per heavy atom. The first kappa shape index (κ1) is 50.7. The van der Waals surface area contributed by atoms with Crippen molar-refractivity contribution in [2.45, 2.75) is 209 Å². The van der Waals surface area contributed by atoms with Gasteiger partial charge in [-0.05, 0) is 103 Å². The number of unbranched alkanes of at least 4 members (excludes halogenated alkanes) is 16. The molecule has 0 heterocycles. The number of quaternary nitrogens is 2. The number of rotatable bonds is 32. The lowest BCUT2D eigenvalue weighted by Crippen LogP contribution is -2.50. The van der Waals surface area contributed by atoms with E-state index in [0.29, 0.717) is 0 Å². The Hall–Kier alpha value is -0.160. The molecule has 0 rings (SSSR count). The molecule has 0 saturated carbocycles. The van der Waals surface area contributed by atoms with Crippen molar-refractivity contribution in [3.63, 3.8) is 0 Å². The van der Waals surface area contributed by atoms with Crippen LogP contribution < -0.4 is 0 Å². The summed E-state index contributed by atoms with van der Waals surface area (Å²) in [5.74, 6) is 0. The molecule has 0 aliphatic carbocycles. The second kappa shape index (κ2) is 39.0. The number of hydrogen-bond acceptors (Lipinski definition) is 2. The third-order valence-electron chi connectivity index (χ3n) is 9.89. The monoisotopic (exact) mass is 631 g/mol. The molecule has 0 amide bonds. The van der Waals surface area contributed by atoms with Crippen LogP contribution in [0.1, 0.15) is 209 Å². The molecule has 0 unspecified atom stereocenters. The average Bonchev–Trinajstić information content (AvgIpc) is 2.98. The molecule has 0 aromatic rings. The van der Waals surface area contributed by atoms with Crippen molar-refractivity contribution in [1.29, 1.82) is 0 Å². The molecular formula is C40H90N2O2. The molecule has 0 atom stereocenters.